The van der Waals surface area contributed by atoms with Crippen LogP contribution in [0.4, 0.5) is 8.78 Å². The van der Waals surface area contributed by atoms with Crippen molar-refractivity contribution < 1.29 is 8.78 Å². The van der Waals surface area contributed by atoms with Crippen LogP contribution in [-0.4, -0.2) is 23.0 Å². The van der Waals surface area contributed by atoms with E-state index in [1.165, 1.54) is 0 Å². The standard InChI is InChI=1S/C16H21F2NS/c1-3-4-5-8-14(17)11-15(18)13(2)12-19-10-7-6-9-16(19)20/h4-5H,2-3,6-10,12H2,1H3. The lowest BCUT2D eigenvalue weighted by Gasteiger charge is -2.29. The van der Waals surface area contributed by atoms with Crippen molar-refractivity contribution in [1.29, 1.82) is 0 Å². The first-order valence-electron chi connectivity index (χ1n) is 6.96. The Balaban J connectivity index is 2.63. The van der Waals surface area contributed by atoms with Crippen LogP contribution in [0.1, 0.15) is 39.0 Å². The highest BCUT2D eigenvalue weighted by atomic mass is 32.1. The summed E-state index contributed by atoms with van der Waals surface area (Å²) in [6.07, 6.45) is 7.39. The van der Waals surface area contributed by atoms with Gasteiger partial charge in [0.15, 0.2) is 5.83 Å². The number of halogens is 2. The van der Waals surface area contributed by atoms with E-state index in [9.17, 15) is 8.78 Å². The van der Waals surface area contributed by atoms with Crippen LogP contribution in [0.3, 0.4) is 0 Å². The van der Waals surface area contributed by atoms with Gasteiger partial charge in [0.2, 0.25) is 0 Å². The third-order valence-electron chi connectivity index (χ3n) is 3.06. The Bertz CT molecular complexity index is 459. The molecule has 20 heavy (non-hydrogen) atoms. The second-order valence-corrected chi connectivity index (χ2v) is 5.27. The Kier molecular flexibility index (Phi) is 7.42. The number of piperidine rings is 1. The quantitative estimate of drug-likeness (QED) is 0.293. The van der Waals surface area contributed by atoms with Crippen LogP contribution in [0.15, 0.2) is 41.7 Å². The molecule has 0 amide bonds. The summed E-state index contributed by atoms with van der Waals surface area (Å²) >= 11 is 5.23. The minimum absolute atomic E-state index is 0.0661. The third kappa shape index (κ3) is 5.81. The molecule has 1 nitrogen and oxygen atoms in total. The van der Waals surface area contributed by atoms with E-state index in [2.05, 4.69) is 12.3 Å². The van der Waals surface area contributed by atoms with Gasteiger partial charge in [-0.1, -0.05) is 37.9 Å². The molecule has 0 saturated carbocycles. The molecule has 1 saturated heterocycles. The Morgan fingerprint density at radius 2 is 2.15 bits per heavy atom. The lowest BCUT2D eigenvalue weighted by atomic mass is 10.1. The van der Waals surface area contributed by atoms with E-state index in [4.69, 9.17) is 12.2 Å². The van der Waals surface area contributed by atoms with Gasteiger partial charge in [-0.2, -0.15) is 4.39 Å². The van der Waals surface area contributed by atoms with Crippen LogP contribution in [0.5, 0.6) is 0 Å². The first-order chi connectivity index (χ1) is 9.54. The summed E-state index contributed by atoms with van der Waals surface area (Å²) < 4.78 is 27.2. The number of likely N-dealkylation sites (tertiary alicyclic amines) is 1. The number of nitrogens with zero attached hydrogens (tertiary/aromatic N) is 1. The van der Waals surface area contributed by atoms with E-state index in [1.54, 1.807) is 6.08 Å². The van der Waals surface area contributed by atoms with Crippen molar-refractivity contribution in [2.24, 2.45) is 0 Å². The molecule has 0 N–H and O–H groups in total. The summed E-state index contributed by atoms with van der Waals surface area (Å²) in [7, 11) is 0. The van der Waals surface area contributed by atoms with E-state index in [0.717, 1.165) is 37.2 Å². The van der Waals surface area contributed by atoms with Gasteiger partial charge in [0, 0.05) is 25.1 Å². The van der Waals surface area contributed by atoms with Gasteiger partial charge in [0.1, 0.15) is 5.83 Å². The van der Waals surface area contributed by atoms with Gasteiger partial charge in [-0.05, 0) is 31.4 Å². The van der Waals surface area contributed by atoms with Crippen LogP contribution in [0.25, 0.3) is 0 Å². The molecule has 0 aromatic carbocycles. The number of thiocarbonyl (C=S) groups is 1. The van der Waals surface area contributed by atoms with Gasteiger partial charge in [-0.3, -0.25) is 0 Å². The van der Waals surface area contributed by atoms with Crippen molar-refractivity contribution in [3.63, 3.8) is 0 Å². The van der Waals surface area contributed by atoms with Gasteiger partial charge in [-0.25, -0.2) is 4.39 Å². The minimum Gasteiger partial charge on any atom is -0.362 e. The molecular weight excluding hydrogens is 276 g/mol. The Labute approximate surface area is 125 Å². The summed E-state index contributed by atoms with van der Waals surface area (Å²) in [5.41, 5.74) is 2.35. The third-order valence-corrected chi connectivity index (χ3v) is 3.52. The first-order valence-corrected chi connectivity index (χ1v) is 7.37. The Hall–Kier alpha value is -1.25. The highest BCUT2D eigenvalue weighted by Gasteiger charge is 2.16. The normalized spacial score (nSPS) is 15.3. The van der Waals surface area contributed by atoms with Crippen molar-refractivity contribution in [3.05, 3.63) is 41.7 Å². The van der Waals surface area contributed by atoms with Crippen LogP contribution in [0.2, 0.25) is 0 Å². The molecule has 0 aromatic rings. The molecule has 1 fully saturated rings. The smallest absolute Gasteiger partial charge is 0.172 e. The molecule has 0 aliphatic carbocycles. The molecule has 0 atom stereocenters. The van der Waals surface area contributed by atoms with E-state index in [1.807, 2.05) is 17.9 Å². The highest BCUT2D eigenvalue weighted by molar-refractivity contribution is 7.80. The van der Waals surface area contributed by atoms with Gasteiger partial charge in [0.25, 0.3) is 0 Å². The molecule has 1 aliphatic rings. The fourth-order valence-corrected chi connectivity index (χ4v) is 2.24. The fraction of sp³-hybridized carbons (Fsp3) is 0.500. The summed E-state index contributed by atoms with van der Waals surface area (Å²) in [4.78, 5) is 2.76. The summed E-state index contributed by atoms with van der Waals surface area (Å²) in [5, 5.41) is 0. The maximum Gasteiger partial charge on any atom is 0.172 e. The molecule has 1 heterocycles. The summed E-state index contributed by atoms with van der Waals surface area (Å²) in [5.74, 6) is -1.34. The average Bonchev–Trinajstić information content (AvgIpc) is 2.41. The molecule has 0 spiro atoms. The molecule has 1 rings (SSSR count). The second-order valence-electron chi connectivity index (χ2n) is 4.80. The van der Waals surface area contributed by atoms with Gasteiger partial charge < -0.3 is 4.90 Å². The van der Waals surface area contributed by atoms with E-state index in [0.29, 0.717) is 6.54 Å². The number of allylic oxidation sites excluding steroid dienone is 2. The summed E-state index contributed by atoms with van der Waals surface area (Å²) in [6, 6.07) is 0. The topological polar surface area (TPSA) is 3.24 Å². The number of hydrogen-bond acceptors (Lipinski definition) is 1. The first kappa shape index (κ1) is 16.8. The Morgan fingerprint density at radius 1 is 1.40 bits per heavy atom. The van der Waals surface area contributed by atoms with Crippen molar-refractivity contribution in [2.75, 3.05) is 13.1 Å². The monoisotopic (exact) mass is 297 g/mol. The van der Waals surface area contributed by atoms with E-state index >= 15 is 0 Å². The Morgan fingerprint density at radius 3 is 2.80 bits per heavy atom. The van der Waals surface area contributed by atoms with Crippen molar-refractivity contribution in [3.8, 4) is 0 Å². The van der Waals surface area contributed by atoms with Crippen molar-refractivity contribution in [1.82, 2.24) is 4.90 Å². The maximum atomic E-state index is 13.8. The van der Waals surface area contributed by atoms with Gasteiger partial charge in [0.05, 0.1) is 4.99 Å². The zero-order chi connectivity index (χ0) is 15.0. The van der Waals surface area contributed by atoms with Gasteiger partial charge >= 0.3 is 0 Å². The zero-order valence-electron chi connectivity index (χ0n) is 11.9. The SMILES string of the molecule is C=C(CN1CCCCC1=S)C(F)=C=C(F)CC=CCC. The van der Waals surface area contributed by atoms with Crippen LogP contribution >= 0.6 is 12.2 Å². The van der Waals surface area contributed by atoms with Crippen molar-refractivity contribution >= 4 is 17.2 Å². The van der Waals surface area contributed by atoms with Gasteiger partial charge in [-0.15, -0.1) is 0 Å². The molecule has 0 aromatic heterocycles. The molecule has 0 bridgehead atoms. The predicted octanol–water partition coefficient (Wildman–Crippen LogP) is 5.02. The fourth-order valence-electron chi connectivity index (χ4n) is 1.94. The number of hydrogen-bond donors (Lipinski definition) is 0. The van der Waals surface area contributed by atoms with E-state index < -0.39 is 11.7 Å². The zero-order valence-corrected chi connectivity index (χ0v) is 12.7. The van der Waals surface area contributed by atoms with Crippen LogP contribution in [-0.2, 0) is 0 Å². The molecule has 4 heteroatoms. The minimum atomic E-state index is -0.722. The maximum absolute atomic E-state index is 13.8. The van der Waals surface area contributed by atoms with Crippen LogP contribution in [0, 0.1) is 0 Å². The molecule has 0 radical (unpaired) electrons. The predicted molar refractivity (Wildman–Crippen MR) is 84.0 cm³/mol. The number of rotatable bonds is 6. The molecule has 0 unspecified atom stereocenters. The highest BCUT2D eigenvalue weighted by Crippen LogP contribution is 2.17. The lowest BCUT2D eigenvalue weighted by molar-refractivity contribution is 0.400. The molecule has 1 aliphatic heterocycles. The summed E-state index contributed by atoms with van der Waals surface area (Å²) in [6.45, 7) is 6.75. The largest absolute Gasteiger partial charge is 0.362 e. The second kappa shape index (κ2) is 8.83. The average molecular weight is 297 g/mol. The van der Waals surface area contributed by atoms with Crippen molar-refractivity contribution in [2.45, 2.75) is 39.0 Å². The van der Waals surface area contributed by atoms with Crippen LogP contribution < -0.4 is 0 Å². The van der Waals surface area contributed by atoms with E-state index in [-0.39, 0.29) is 12.0 Å². The molecular formula is C16H21F2NS. The lowest BCUT2D eigenvalue weighted by Crippen LogP contribution is -2.35. The molecule has 110 valence electrons.